The number of fused-ring (bicyclic) bond motifs is 1. The molecule has 1 aromatic carbocycles. The average molecular weight is 160 g/mol. The van der Waals surface area contributed by atoms with Gasteiger partial charge < -0.3 is 10.1 Å². The van der Waals surface area contributed by atoms with E-state index in [0.29, 0.717) is 0 Å². The van der Waals surface area contributed by atoms with Crippen molar-refractivity contribution in [1.29, 1.82) is 0 Å². The number of aromatic nitrogens is 1. The van der Waals surface area contributed by atoms with Gasteiger partial charge in [-0.3, -0.25) is 0 Å². The molecule has 0 bridgehead atoms. The van der Waals surface area contributed by atoms with E-state index < -0.39 is 6.10 Å². The summed E-state index contributed by atoms with van der Waals surface area (Å²) in [5, 5.41) is 10.3. The first-order valence-corrected chi connectivity index (χ1v) is 3.86. The molecule has 61 valence electrons. The monoisotopic (exact) mass is 160 g/mol. The molecule has 2 N–H and O–H groups in total. The van der Waals surface area contributed by atoms with Crippen LogP contribution in [0.15, 0.2) is 30.5 Å². The first kappa shape index (κ1) is 7.37. The van der Waals surface area contributed by atoms with Crippen molar-refractivity contribution < 1.29 is 5.11 Å². The largest absolute Gasteiger partial charge is 0.388 e. The van der Waals surface area contributed by atoms with Crippen LogP contribution < -0.4 is 0 Å². The Hall–Kier alpha value is -1.28. The minimum absolute atomic E-state index is 0.652. The summed E-state index contributed by atoms with van der Waals surface area (Å²) in [4.78, 5) is 3.07. The topological polar surface area (TPSA) is 36.0 Å². The number of para-hydroxylation sites is 1. The minimum Gasteiger partial charge on any atom is -0.388 e. The number of H-pyrrole nitrogens is 1. The second kappa shape index (κ2) is 2.64. The molecule has 12 heavy (non-hydrogen) atoms. The van der Waals surface area contributed by atoms with Crippen LogP contribution in [0.25, 0.3) is 10.9 Å². The maximum atomic E-state index is 9.28. The Balaban J connectivity index is 2.70. The standard InChI is InChI=1S/C10H10NO/c1-7(12)9-6-11-10-5-3-2-4-8(9)10/h2-7,11-12H,1H2. The van der Waals surface area contributed by atoms with Crippen LogP contribution in [0.3, 0.4) is 0 Å². The van der Waals surface area contributed by atoms with E-state index in [1.54, 1.807) is 6.20 Å². The molecule has 1 heterocycles. The zero-order valence-corrected chi connectivity index (χ0v) is 6.62. The summed E-state index contributed by atoms with van der Waals surface area (Å²) in [6.07, 6.45) is 1.14. The zero-order valence-electron chi connectivity index (χ0n) is 6.62. The minimum atomic E-state index is -0.652. The molecular formula is C10H10NO. The maximum Gasteiger partial charge on any atom is 0.0811 e. The quantitative estimate of drug-likeness (QED) is 0.658. The molecule has 1 aromatic heterocycles. The van der Waals surface area contributed by atoms with Crippen molar-refractivity contribution >= 4 is 10.9 Å². The lowest BCUT2D eigenvalue weighted by Gasteiger charge is -1.99. The van der Waals surface area contributed by atoms with Crippen molar-refractivity contribution in [2.24, 2.45) is 0 Å². The summed E-state index contributed by atoms with van der Waals surface area (Å²) in [7, 11) is 0. The molecule has 0 fully saturated rings. The summed E-state index contributed by atoms with van der Waals surface area (Å²) in [6.45, 7) is 3.57. The molecule has 2 nitrogen and oxygen atoms in total. The van der Waals surface area contributed by atoms with Crippen molar-refractivity contribution in [2.75, 3.05) is 0 Å². The van der Waals surface area contributed by atoms with E-state index in [-0.39, 0.29) is 0 Å². The number of hydrogen-bond donors (Lipinski definition) is 2. The third-order valence-electron chi connectivity index (χ3n) is 1.98. The fraction of sp³-hybridized carbons (Fsp3) is 0.100. The van der Waals surface area contributed by atoms with Crippen molar-refractivity contribution in [3.05, 3.63) is 42.9 Å². The predicted molar refractivity (Wildman–Crippen MR) is 48.6 cm³/mol. The van der Waals surface area contributed by atoms with Crippen LogP contribution in [0.2, 0.25) is 0 Å². The fourth-order valence-electron chi connectivity index (χ4n) is 1.37. The molecular weight excluding hydrogens is 150 g/mol. The van der Waals surface area contributed by atoms with Gasteiger partial charge in [0.2, 0.25) is 0 Å². The van der Waals surface area contributed by atoms with Crippen molar-refractivity contribution in [3.8, 4) is 0 Å². The molecule has 0 spiro atoms. The first-order chi connectivity index (χ1) is 5.79. The summed E-state index contributed by atoms with van der Waals surface area (Å²) < 4.78 is 0. The van der Waals surface area contributed by atoms with Crippen LogP contribution in [-0.4, -0.2) is 10.1 Å². The van der Waals surface area contributed by atoms with Crippen LogP contribution in [-0.2, 0) is 0 Å². The van der Waals surface area contributed by atoms with Gasteiger partial charge in [0.05, 0.1) is 6.10 Å². The Bertz CT molecular complexity index is 389. The Morgan fingerprint density at radius 1 is 1.33 bits per heavy atom. The van der Waals surface area contributed by atoms with Gasteiger partial charge in [-0.1, -0.05) is 18.2 Å². The highest BCUT2D eigenvalue weighted by Gasteiger charge is 2.06. The Kier molecular flexibility index (Phi) is 1.62. The molecule has 0 saturated heterocycles. The number of rotatable bonds is 1. The van der Waals surface area contributed by atoms with E-state index >= 15 is 0 Å². The number of hydrogen-bond acceptors (Lipinski definition) is 1. The Morgan fingerprint density at radius 2 is 2.08 bits per heavy atom. The summed E-state index contributed by atoms with van der Waals surface area (Å²) in [5.41, 5.74) is 1.89. The van der Waals surface area contributed by atoms with Crippen molar-refractivity contribution in [1.82, 2.24) is 4.98 Å². The zero-order chi connectivity index (χ0) is 8.55. The fourth-order valence-corrected chi connectivity index (χ4v) is 1.37. The van der Waals surface area contributed by atoms with Crippen LogP contribution in [0, 0.1) is 6.92 Å². The first-order valence-electron chi connectivity index (χ1n) is 3.86. The number of aliphatic hydroxyl groups is 1. The van der Waals surface area contributed by atoms with Gasteiger partial charge in [0, 0.05) is 22.7 Å². The van der Waals surface area contributed by atoms with E-state index in [4.69, 9.17) is 0 Å². The Labute approximate surface area is 70.8 Å². The van der Waals surface area contributed by atoms with Crippen LogP contribution in [0.4, 0.5) is 0 Å². The molecule has 2 rings (SSSR count). The molecule has 0 saturated carbocycles. The van der Waals surface area contributed by atoms with Crippen molar-refractivity contribution in [2.45, 2.75) is 6.10 Å². The van der Waals surface area contributed by atoms with E-state index in [2.05, 4.69) is 11.9 Å². The molecule has 0 amide bonds. The van der Waals surface area contributed by atoms with Gasteiger partial charge in [0.15, 0.2) is 0 Å². The highest BCUT2D eigenvalue weighted by atomic mass is 16.3. The number of benzene rings is 1. The predicted octanol–water partition coefficient (Wildman–Crippen LogP) is 2.04. The van der Waals surface area contributed by atoms with E-state index in [9.17, 15) is 5.11 Å². The van der Waals surface area contributed by atoms with Gasteiger partial charge in [-0.05, 0) is 13.0 Å². The molecule has 0 aliphatic carbocycles. The molecule has 0 aliphatic heterocycles. The SMILES string of the molecule is [CH2]C(O)c1c[nH]c2ccccc12. The van der Waals surface area contributed by atoms with Crippen LogP contribution in [0.1, 0.15) is 11.7 Å². The van der Waals surface area contributed by atoms with E-state index in [1.807, 2.05) is 24.3 Å². The Morgan fingerprint density at radius 3 is 2.83 bits per heavy atom. The third-order valence-corrected chi connectivity index (χ3v) is 1.98. The highest BCUT2D eigenvalue weighted by Crippen LogP contribution is 2.22. The third kappa shape index (κ3) is 1.01. The second-order valence-corrected chi connectivity index (χ2v) is 2.81. The van der Waals surface area contributed by atoms with Gasteiger partial charge in [0.1, 0.15) is 0 Å². The van der Waals surface area contributed by atoms with Crippen LogP contribution >= 0.6 is 0 Å². The van der Waals surface area contributed by atoms with Crippen molar-refractivity contribution in [3.63, 3.8) is 0 Å². The van der Waals surface area contributed by atoms with Gasteiger partial charge in [0.25, 0.3) is 0 Å². The lowest BCUT2D eigenvalue weighted by molar-refractivity contribution is 0.227. The highest BCUT2D eigenvalue weighted by molar-refractivity contribution is 5.83. The molecule has 1 atom stereocenters. The lowest BCUT2D eigenvalue weighted by atomic mass is 10.1. The summed E-state index contributed by atoms with van der Waals surface area (Å²) >= 11 is 0. The van der Waals surface area contributed by atoms with Gasteiger partial charge in [-0.15, -0.1) is 0 Å². The molecule has 1 radical (unpaired) electrons. The normalized spacial score (nSPS) is 13.5. The van der Waals surface area contributed by atoms with E-state index in [0.717, 1.165) is 16.5 Å². The maximum absolute atomic E-state index is 9.28. The number of aromatic amines is 1. The molecule has 2 aromatic rings. The smallest absolute Gasteiger partial charge is 0.0811 e. The summed E-state index contributed by atoms with van der Waals surface area (Å²) in [5.74, 6) is 0. The van der Waals surface area contributed by atoms with Gasteiger partial charge in [-0.2, -0.15) is 0 Å². The molecule has 1 unspecified atom stereocenters. The number of nitrogens with one attached hydrogen (secondary N) is 1. The summed E-state index contributed by atoms with van der Waals surface area (Å²) in [6, 6.07) is 7.84. The molecule has 0 aliphatic rings. The average Bonchev–Trinajstić information content (AvgIpc) is 2.47. The second-order valence-electron chi connectivity index (χ2n) is 2.81. The molecule has 2 heteroatoms. The van der Waals surface area contributed by atoms with Gasteiger partial charge in [-0.25, -0.2) is 0 Å². The van der Waals surface area contributed by atoms with E-state index in [1.165, 1.54) is 0 Å². The number of aliphatic hydroxyl groups excluding tert-OH is 1. The van der Waals surface area contributed by atoms with Crippen LogP contribution in [0.5, 0.6) is 0 Å². The van der Waals surface area contributed by atoms with Gasteiger partial charge >= 0.3 is 0 Å². The lowest BCUT2D eigenvalue weighted by Crippen LogP contribution is -1.87.